The molecule has 0 atom stereocenters. The van der Waals surface area contributed by atoms with E-state index in [-0.39, 0.29) is 0 Å². The molecular formula is C27H30N4O. The quantitative estimate of drug-likeness (QED) is 0.590. The zero-order valence-corrected chi connectivity index (χ0v) is 18.9. The zero-order chi connectivity index (χ0) is 22.3. The molecule has 0 saturated heterocycles. The van der Waals surface area contributed by atoms with E-state index in [0.29, 0.717) is 0 Å². The summed E-state index contributed by atoms with van der Waals surface area (Å²) in [6, 6.07) is 10.0. The molecule has 0 amide bonds. The van der Waals surface area contributed by atoms with E-state index in [2.05, 4.69) is 40.0 Å². The number of allylic oxidation sites excluding steroid dienone is 2. The summed E-state index contributed by atoms with van der Waals surface area (Å²) in [5.41, 5.74) is 7.07. The predicted molar refractivity (Wildman–Crippen MR) is 130 cm³/mol. The van der Waals surface area contributed by atoms with Gasteiger partial charge >= 0.3 is 0 Å². The highest BCUT2D eigenvalue weighted by molar-refractivity contribution is 5.76. The number of H-pyrrole nitrogens is 1. The van der Waals surface area contributed by atoms with Crippen molar-refractivity contribution in [2.24, 2.45) is 0 Å². The summed E-state index contributed by atoms with van der Waals surface area (Å²) in [5, 5.41) is 9.32. The van der Waals surface area contributed by atoms with E-state index in [1.165, 1.54) is 11.1 Å². The Kier molecular flexibility index (Phi) is 7.07. The van der Waals surface area contributed by atoms with E-state index >= 15 is 0 Å². The molecule has 0 aromatic carbocycles. The zero-order valence-electron chi connectivity index (χ0n) is 18.9. The third-order valence-corrected chi connectivity index (χ3v) is 5.68. The molecule has 0 radical (unpaired) electrons. The van der Waals surface area contributed by atoms with Crippen LogP contribution in [-0.4, -0.2) is 33.4 Å². The number of nitrogens with one attached hydrogen (secondary N) is 1. The molecule has 164 valence electrons. The van der Waals surface area contributed by atoms with Crippen LogP contribution in [0.5, 0.6) is 0 Å². The van der Waals surface area contributed by atoms with Crippen LogP contribution in [0.3, 0.4) is 0 Å². The Morgan fingerprint density at radius 1 is 1.16 bits per heavy atom. The fourth-order valence-electron chi connectivity index (χ4n) is 4.03. The molecule has 32 heavy (non-hydrogen) atoms. The van der Waals surface area contributed by atoms with Gasteiger partial charge in [-0.1, -0.05) is 42.5 Å². The number of aromatic nitrogens is 4. The van der Waals surface area contributed by atoms with E-state index in [0.717, 1.165) is 77.8 Å². The van der Waals surface area contributed by atoms with Crippen molar-refractivity contribution in [3.63, 3.8) is 0 Å². The van der Waals surface area contributed by atoms with Crippen LogP contribution >= 0.6 is 0 Å². The van der Waals surface area contributed by atoms with E-state index in [1.807, 2.05) is 50.4 Å². The first kappa shape index (κ1) is 21.9. The predicted octanol–water partition coefficient (Wildman–Crippen LogP) is 4.50. The molecule has 4 rings (SSSR count). The van der Waals surface area contributed by atoms with Crippen molar-refractivity contribution in [3.05, 3.63) is 76.6 Å². The van der Waals surface area contributed by atoms with Gasteiger partial charge in [0.15, 0.2) is 0 Å². The molecule has 1 N–H and O–H groups in total. The number of aryl methyl sites for hydroxylation is 1. The van der Waals surface area contributed by atoms with Gasteiger partial charge < -0.3 is 4.74 Å². The Hall–Kier alpha value is -3.31. The second-order valence-corrected chi connectivity index (χ2v) is 8.05. The molecule has 0 aliphatic carbocycles. The molecule has 4 heterocycles. The number of hydrogen-bond donors (Lipinski definition) is 1. The maximum Gasteiger partial charge on any atom is 0.120 e. The molecule has 0 fully saturated rings. The molecule has 0 saturated carbocycles. The molecule has 3 aromatic heterocycles. The molecule has 0 bridgehead atoms. The maximum absolute atomic E-state index is 5.59. The van der Waals surface area contributed by atoms with Gasteiger partial charge in [-0.3, -0.25) is 10.1 Å². The minimum absolute atomic E-state index is 0.806. The Morgan fingerprint density at radius 2 is 2.06 bits per heavy atom. The summed E-state index contributed by atoms with van der Waals surface area (Å²) in [7, 11) is 0. The third-order valence-electron chi connectivity index (χ3n) is 5.68. The van der Waals surface area contributed by atoms with Crippen LogP contribution in [0, 0.1) is 6.92 Å². The molecule has 5 heteroatoms. The van der Waals surface area contributed by atoms with Gasteiger partial charge in [0, 0.05) is 17.5 Å². The van der Waals surface area contributed by atoms with Crippen LogP contribution in [0.1, 0.15) is 38.3 Å². The molecular weight excluding hydrogens is 396 g/mol. The summed E-state index contributed by atoms with van der Waals surface area (Å²) in [6.07, 6.45) is 12.4. The molecule has 1 aliphatic heterocycles. The normalized spacial score (nSPS) is 15.5. The second-order valence-electron chi connectivity index (χ2n) is 8.05. The first-order chi connectivity index (χ1) is 15.7. The summed E-state index contributed by atoms with van der Waals surface area (Å²) < 4.78 is 5.59. The van der Waals surface area contributed by atoms with Gasteiger partial charge in [0.25, 0.3) is 0 Å². The van der Waals surface area contributed by atoms with Crippen LogP contribution in [0.2, 0.25) is 0 Å². The van der Waals surface area contributed by atoms with Crippen LogP contribution in [0.4, 0.5) is 0 Å². The Balaban J connectivity index is 1.73. The minimum atomic E-state index is 0.806. The van der Waals surface area contributed by atoms with Crippen molar-refractivity contribution in [2.75, 3.05) is 13.2 Å². The van der Waals surface area contributed by atoms with Crippen molar-refractivity contribution in [1.82, 2.24) is 20.2 Å². The minimum Gasteiger partial charge on any atom is -0.381 e. The molecule has 5 nitrogen and oxygen atoms in total. The van der Waals surface area contributed by atoms with Gasteiger partial charge in [0.05, 0.1) is 30.0 Å². The topological polar surface area (TPSA) is 63.7 Å². The highest BCUT2D eigenvalue weighted by atomic mass is 16.5. The van der Waals surface area contributed by atoms with E-state index in [1.54, 1.807) is 0 Å². The van der Waals surface area contributed by atoms with Gasteiger partial charge in [0.2, 0.25) is 0 Å². The summed E-state index contributed by atoms with van der Waals surface area (Å²) in [4.78, 5) is 9.68. The smallest absolute Gasteiger partial charge is 0.120 e. The van der Waals surface area contributed by atoms with Crippen molar-refractivity contribution in [1.29, 1.82) is 0 Å². The Morgan fingerprint density at radius 3 is 2.91 bits per heavy atom. The lowest BCUT2D eigenvalue weighted by atomic mass is 10.0. The van der Waals surface area contributed by atoms with Crippen molar-refractivity contribution < 1.29 is 4.74 Å². The third kappa shape index (κ3) is 5.11. The largest absolute Gasteiger partial charge is 0.381 e. The standard InChI is InChI=1S/C27H30N4O/c1-4-7-22(13-12-21-9-6-16-32-17-15-21)26-19(2)11-14-24(30-26)23-18-28-31-27(23)25-10-5-8-20(3)29-25/h4-5,7-11,14,18H,2,6,12-13,15-17H2,1,3H3,(H,28,31)/b7-4-,26-22-. The molecule has 0 unspecified atom stereocenters. The van der Waals surface area contributed by atoms with Gasteiger partial charge in [-0.2, -0.15) is 5.10 Å². The van der Waals surface area contributed by atoms with Crippen LogP contribution in [0.15, 0.2) is 60.3 Å². The number of ether oxygens (including phenoxy) is 1. The Labute approximate surface area is 189 Å². The van der Waals surface area contributed by atoms with Gasteiger partial charge in [-0.05, 0) is 68.5 Å². The average molecular weight is 427 g/mol. The van der Waals surface area contributed by atoms with E-state index in [9.17, 15) is 0 Å². The molecule has 1 aliphatic rings. The first-order valence-electron chi connectivity index (χ1n) is 11.2. The number of aromatic amines is 1. The van der Waals surface area contributed by atoms with Crippen molar-refractivity contribution in [3.8, 4) is 22.6 Å². The Bertz CT molecular complexity index is 1250. The van der Waals surface area contributed by atoms with Gasteiger partial charge in [-0.25, -0.2) is 4.98 Å². The van der Waals surface area contributed by atoms with Crippen LogP contribution < -0.4 is 10.6 Å². The highest BCUT2D eigenvalue weighted by Crippen LogP contribution is 2.27. The monoisotopic (exact) mass is 426 g/mol. The van der Waals surface area contributed by atoms with Crippen LogP contribution in [0.25, 0.3) is 34.8 Å². The van der Waals surface area contributed by atoms with E-state index in [4.69, 9.17) is 9.72 Å². The highest BCUT2D eigenvalue weighted by Gasteiger charge is 2.13. The summed E-state index contributed by atoms with van der Waals surface area (Å²) in [6.45, 7) is 9.93. The van der Waals surface area contributed by atoms with E-state index < -0.39 is 0 Å². The maximum atomic E-state index is 5.59. The number of rotatable bonds is 6. The van der Waals surface area contributed by atoms with Crippen molar-refractivity contribution >= 4 is 12.2 Å². The average Bonchev–Trinajstić information content (AvgIpc) is 3.14. The van der Waals surface area contributed by atoms with Gasteiger partial charge in [0.1, 0.15) is 5.69 Å². The lowest BCUT2D eigenvalue weighted by Gasteiger charge is -2.08. The molecule has 3 aromatic rings. The van der Waals surface area contributed by atoms with Crippen molar-refractivity contribution in [2.45, 2.75) is 39.5 Å². The number of hydrogen-bond acceptors (Lipinski definition) is 4. The fourth-order valence-corrected chi connectivity index (χ4v) is 4.03. The lowest BCUT2D eigenvalue weighted by Crippen LogP contribution is -2.29. The number of nitrogens with zero attached hydrogens (tertiary/aromatic N) is 3. The van der Waals surface area contributed by atoms with Crippen LogP contribution in [-0.2, 0) is 4.74 Å². The lowest BCUT2D eigenvalue weighted by molar-refractivity contribution is 0.146. The summed E-state index contributed by atoms with van der Waals surface area (Å²) in [5.74, 6) is 0. The summed E-state index contributed by atoms with van der Waals surface area (Å²) >= 11 is 0. The second kappa shape index (κ2) is 10.3. The first-order valence-corrected chi connectivity index (χ1v) is 11.2. The SMILES string of the molecule is C=c1ccc(-c2c[nH]nc2-c2cccc(C)n2)n/c1=C(/C=C\C)CCC1=CCCOCC1. The van der Waals surface area contributed by atoms with Gasteiger partial charge in [-0.15, -0.1) is 0 Å². The fraction of sp³-hybridized carbons (Fsp3) is 0.296. The number of pyridine rings is 2. The molecule has 0 spiro atoms.